The molecule has 0 spiro atoms. The largest absolute Gasteiger partial charge is 0.493 e. The lowest BCUT2D eigenvalue weighted by atomic mass is 9.55. The summed E-state index contributed by atoms with van der Waals surface area (Å²) in [6.07, 6.45) is 5.45. The number of benzene rings is 2. The van der Waals surface area contributed by atoms with Gasteiger partial charge in [-0.1, -0.05) is 44.2 Å². The van der Waals surface area contributed by atoms with Gasteiger partial charge in [0, 0.05) is 11.3 Å². The van der Waals surface area contributed by atoms with Gasteiger partial charge in [0.1, 0.15) is 12.4 Å². The Morgan fingerprint density at radius 3 is 2.67 bits per heavy atom. The van der Waals surface area contributed by atoms with E-state index in [1.54, 1.807) is 7.11 Å². The molecule has 0 heterocycles. The summed E-state index contributed by atoms with van der Waals surface area (Å²) in [6.45, 7) is 4.93. The second-order valence-electron chi connectivity index (χ2n) is 9.85. The van der Waals surface area contributed by atoms with E-state index in [2.05, 4.69) is 38.1 Å². The Kier molecular flexibility index (Phi) is 4.88. The predicted octanol–water partition coefficient (Wildman–Crippen LogP) is 5.95. The second kappa shape index (κ2) is 7.44. The van der Waals surface area contributed by atoms with Gasteiger partial charge in [0.15, 0.2) is 11.5 Å². The molecule has 0 saturated heterocycles. The van der Waals surface area contributed by atoms with E-state index in [9.17, 15) is 4.79 Å². The molecule has 158 valence electrons. The van der Waals surface area contributed by atoms with Gasteiger partial charge in [-0.05, 0) is 78.7 Å². The quantitative estimate of drug-likeness (QED) is 0.632. The third-order valence-electron chi connectivity index (χ3n) is 8.25. The molecule has 30 heavy (non-hydrogen) atoms. The van der Waals surface area contributed by atoms with Crippen LogP contribution in [0.3, 0.4) is 0 Å². The maximum absolute atomic E-state index is 12.9. The van der Waals surface area contributed by atoms with Crippen LogP contribution in [-0.4, -0.2) is 12.9 Å². The third kappa shape index (κ3) is 3.05. The maximum atomic E-state index is 12.9. The van der Waals surface area contributed by atoms with Gasteiger partial charge >= 0.3 is 0 Å². The number of carbonyl (C=O) groups is 1. The summed E-state index contributed by atoms with van der Waals surface area (Å²) in [7, 11) is 1.73. The minimum Gasteiger partial charge on any atom is -0.493 e. The normalized spacial score (nSPS) is 32.2. The first kappa shape index (κ1) is 19.7. The van der Waals surface area contributed by atoms with E-state index in [1.807, 2.05) is 18.2 Å². The molecule has 0 amide bonds. The molecule has 0 N–H and O–H groups in total. The Morgan fingerprint density at radius 2 is 1.90 bits per heavy atom. The second-order valence-corrected chi connectivity index (χ2v) is 9.85. The van der Waals surface area contributed by atoms with Crippen molar-refractivity contribution in [2.45, 2.75) is 58.5 Å². The van der Waals surface area contributed by atoms with Crippen molar-refractivity contribution in [2.24, 2.45) is 23.2 Å². The highest BCUT2D eigenvalue weighted by atomic mass is 16.5. The third-order valence-corrected chi connectivity index (χ3v) is 8.25. The van der Waals surface area contributed by atoms with Crippen LogP contribution in [-0.2, 0) is 17.8 Å². The van der Waals surface area contributed by atoms with Gasteiger partial charge in [0.25, 0.3) is 0 Å². The van der Waals surface area contributed by atoms with Crippen LogP contribution in [0.5, 0.6) is 11.5 Å². The highest BCUT2D eigenvalue weighted by molar-refractivity contribution is 5.89. The van der Waals surface area contributed by atoms with Crippen molar-refractivity contribution in [2.75, 3.05) is 7.11 Å². The maximum Gasteiger partial charge on any atom is 0.161 e. The zero-order valence-corrected chi connectivity index (χ0v) is 18.3. The lowest BCUT2D eigenvalue weighted by molar-refractivity contribution is -0.131. The van der Waals surface area contributed by atoms with Crippen molar-refractivity contribution in [1.82, 2.24) is 0 Å². The molecule has 3 heteroatoms. The summed E-state index contributed by atoms with van der Waals surface area (Å²) in [5.74, 6) is 4.10. The van der Waals surface area contributed by atoms with Crippen LogP contribution in [0.15, 0.2) is 42.5 Å². The van der Waals surface area contributed by atoms with Crippen molar-refractivity contribution in [3.63, 3.8) is 0 Å². The summed E-state index contributed by atoms with van der Waals surface area (Å²) < 4.78 is 11.9. The number of aryl methyl sites for hydroxylation is 1. The number of rotatable bonds is 4. The average Bonchev–Trinajstić information content (AvgIpc) is 3.01. The van der Waals surface area contributed by atoms with Gasteiger partial charge in [0.2, 0.25) is 0 Å². The summed E-state index contributed by atoms with van der Waals surface area (Å²) in [4.78, 5) is 12.9. The molecule has 5 unspecified atom stereocenters. The van der Waals surface area contributed by atoms with Crippen molar-refractivity contribution in [3.8, 4) is 11.5 Å². The first-order valence-corrected chi connectivity index (χ1v) is 11.4. The molecule has 5 atom stereocenters. The molecular formula is C27H32O3. The highest BCUT2D eigenvalue weighted by Crippen LogP contribution is 2.61. The van der Waals surface area contributed by atoms with Gasteiger partial charge in [-0.15, -0.1) is 0 Å². The van der Waals surface area contributed by atoms with E-state index < -0.39 is 0 Å². The fourth-order valence-electron chi connectivity index (χ4n) is 6.70. The van der Waals surface area contributed by atoms with E-state index in [4.69, 9.17) is 9.47 Å². The van der Waals surface area contributed by atoms with E-state index >= 15 is 0 Å². The van der Waals surface area contributed by atoms with Crippen LogP contribution in [0.1, 0.15) is 62.1 Å². The smallest absolute Gasteiger partial charge is 0.161 e. The Morgan fingerprint density at radius 1 is 1.10 bits per heavy atom. The topological polar surface area (TPSA) is 35.5 Å². The molecule has 0 bridgehead atoms. The molecule has 3 aliphatic rings. The SMILES string of the molecule is COc1cc2c(cc1OCc1ccccc1)CCC1C2CCC2(C)C(=O)C(C)CC12. The summed E-state index contributed by atoms with van der Waals surface area (Å²) >= 11 is 0. The molecule has 3 aliphatic carbocycles. The van der Waals surface area contributed by atoms with E-state index in [1.165, 1.54) is 17.5 Å². The minimum absolute atomic E-state index is 0.0963. The number of ketones is 1. The standard InChI is InChI=1S/C27H32O3/c1-17-13-23-21-10-9-19-14-25(30-16-18-7-5-4-6-8-18)24(29-3)15-22(19)20(21)11-12-27(23,2)26(17)28/h4-8,14-15,17,20-21,23H,9-13,16H2,1-3H3. The van der Waals surface area contributed by atoms with Gasteiger partial charge in [-0.3, -0.25) is 4.79 Å². The zero-order chi connectivity index (χ0) is 20.9. The fraction of sp³-hybridized carbons (Fsp3) is 0.519. The van der Waals surface area contributed by atoms with Crippen molar-refractivity contribution >= 4 is 5.78 Å². The molecule has 5 rings (SSSR count). The number of methoxy groups -OCH3 is 1. The fourth-order valence-corrected chi connectivity index (χ4v) is 6.70. The number of hydrogen-bond acceptors (Lipinski definition) is 3. The van der Waals surface area contributed by atoms with Crippen molar-refractivity contribution in [3.05, 3.63) is 59.2 Å². The summed E-state index contributed by atoms with van der Waals surface area (Å²) in [5.41, 5.74) is 3.90. The van der Waals surface area contributed by atoms with Gasteiger partial charge in [-0.25, -0.2) is 0 Å². The van der Waals surface area contributed by atoms with Crippen molar-refractivity contribution < 1.29 is 14.3 Å². The predicted molar refractivity (Wildman–Crippen MR) is 118 cm³/mol. The van der Waals surface area contributed by atoms with Gasteiger partial charge < -0.3 is 9.47 Å². The molecule has 0 aromatic heterocycles. The van der Waals surface area contributed by atoms with Gasteiger partial charge in [-0.2, -0.15) is 0 Å². The number of carbonyl (C=O) groups excluding carboxylic acids is 1. The molecule has 0 radical (unpaired) electrons. The van der Waals surface area contributed by atoms with E-state index in [0.29, 0.717) is 30.1 Å². The molecule has 3 nitrogen and oxygen atoms in total. The van der Waals surface area contributed by atoms with Crippen LogP contribution in [0, 0.1) is 23.2 Å². The Bertz CT molecular complexity index is 950. The zero-order valence-electron chi connectivity index (χ0n) is 18.3. The summed E-state index contributed by atoms with van der Waals surface area (Å²) in [5, 5.41) is 0. The van der Waals surface area contributed by atoms with E-state index in [0.717, 1.165) is 42.7 Å². The molecule has 2 fully saturated rings. The van der Waals surface area contributed by atoms with Crippen LogP contribution in [0.4, 0.5) is 0 Å². The van der Waals surface area contributed by atoms with Gasteiger partial charge in [0.05, 0.1) is 7.11 Å². The Labute approximate surface area is 179 Å². The number of ether oxygens (including phenoxy) is 2. The van der Waals surface area contributed by atoms with Crippen LogP contribution in [0.25, 0.3) is 0 Å². The first-order chi connectivity index (χ1) is 14.5. The average molecular weight is 405 g/mol. The van der Waals surface area contributed by atoms with Crippen molar-refractivity contribution in [1.29, 1.82) is 0 Å². The lowest BCUT2D eigenvalue weighted by Crippen LogP contribution is -2.42. The highest BCUT2D eigenvalue weighted by Gasteiger charge is 2.57. The van der Waals surface area contributed by atoms with Crippen LogP contribution >= 0.6 is 0 Å². The summed E-state index contributed by atoms with van der Waals surface area (Å²) in [6, 6.07) is 14.7. The Hall–Kier alpha value is -2.29. The van der Waals surface area contributed by atoms with Crippen LogP contribution in [0.2, 0.25) is 0 Å². The number of hydrogen-bond donors (Lipinski definition) is 0. The molecule has 2 aromatic rings. The number of Topliss-reactive ketones (excluding diaryl/α,β-unsaturated/α-hetero) is 1. The minimum atomic E-state index is -0.0963. The molecular weight excluding hydrogens is 372 g/mol. The molecule has 0 aliphatic heterocycles. The lowest BCUT2D eigenvalue weighted by Gasteiger charge is -2.48. The Balaban J connectivity index is 1.42. The first-order valence-electron chi connectivity index (χ1n) is 11.4. The molecule has 2 saturated carbocycles. The van der Waals surface area contributed by atoms with Crippen LogP contribution < -0.4 is 9.47 Å². The van der Waals surface area contributed by atoms with E-state index in [-0.39, 0.29) is 11.3 Å². The number of fused-ring (bicyclic) bond motifs is 5. The molecule has 2 aromatic carbocycles. The monoisotopic (exact) mass is 404 g/mol.